The number of Topliss-reactive ketones (excluding diaryl/α,β-unsaturated/α-hetero) is 1. The highest BCUT2D eigenvalue weighted by Crippen LogP contribution is 2.34. The topological polar surface area (TPSA) is 52.3 Å². The van der Waals surface area contributed by atoms with Gasteiger partial charge in [-0.1, -0.05) is 6.07 Å². The van der Waals surface area contributed by atoms with Gasteiger partial charge in [0.25, 0.3) is 6.43 Å². The Balaban J connectivity index is 3.49. The molecule has 0 saturated heterocycles. The first-order valence-corrected chi connectivity index (χ1v) is 4.24. The van der Waals surface area contributed by atoms with Crippen LogP contribution in [0, 0.1) is 0 Å². The molecule has 0 aliphatic heterocycles. The lowest BCUT2D eigenvalue weighted by molar-refractivity contribution is 0.0995. The van der Waals surface area contributed by atoms with Gasteiger partial charge < -0.3 is 10.5 Å². The summed E-state index contributed by atoms with van der Waals surface area (Å²) in [4.78, 5) is 11.2. The van der Waals surface area contributed by atoms with Gasteiger partial charge in [-0.15, -0.1) is 0 Å². The van der Waals surface area contributed by atoms with Crippen molar-refractivity contribution in [2.45, 2.75) is 13.3 Å². The fourth-order valence-corrected chi connectivity index (χ4v) is 1.38. The third-order valence-electron chi connectivity index (χ3n) is 2.01. The van der Waals surface area contributed by atoms with E-state index in [9.17, 15) is 13.6 Å². The van der Waals surface area contributed by atoms with Gasteiger partial charge >= 0.3 is 0 Å². The first-order chi connectivity index (χ1) is 6.99. The molecule has 0 amide bonds. The number of nitrogens with two attached hydrogens (primary N) is 1. The van der Waals surface area contributed by atoms with Gasteiger partial charge in [-0.2, -0.15) is 0 Å². The Kier molecular flexibility index (Phi) is 3.24. The second kappa shape index (κ2) is 4.25. The zero-order valence-electron chi connectivity index (χ0n) is 8.38. The summed E-state index contributed by atoms with van der Waals surface area (Å²) >= 11 is 0. The zero-order chi connectivity index (χ0) is 11.6. The quantitative estimate of drug-likeness (QED) is 0.622. The zero-order valence-corrected chi connectivity index (χ0v) is 8.38. The van der Waals surface area contributed by atoms with Crippen molar-refractivity contribution in [3.8, 4) is 5.75 Å². The molecule has 0 atom stereocenters. The summed E-state index contributed by atoms with van der Waals surface area (Å²) in [5.41, 5.74) is 5.19. The first kappa shape index (κ1) is 11.4. The van der Waals surface area contributed by atoms with Crippen LogP contribution in [0.4, 0.5) is 14.5 Å². The Morgan fingerprint density at radius 1 is 1.47 bits per heavy atom. The minimum Gasteiger partial charge on any atom is -0.494 e. The minimum absolute atomic E-state index is 0.0142. The van der Waals surface area contributed by atoms with Crippen molar-refractivity contribution in [3.05, 3.63) is 23.3 Å². The van der Waals surface area contributed by atoms with Crippen LogP contribution in [0.5, 0.6) is 5.75 Å². The van der Waals surface area contributed by atoms with E-state index in [1.54, 1.807) is 0 Å². The molecule has 0 aromatic heterocycles. The summed E-state index contributed by atoms with van der Waals surface area (Å²) in [6.07, 6.45) is -2.72. The van der Waals surface area contributed by atoms with E-state index < -0.39 is 12.2 Å². The molecule has 3 nitrogen and oxygen atoms in total. The highest BCUT2D eigenvalue weighted by Gasteiger charge is 2.21. The van der Waals surface area contributed by atoms with E-state index >= 15 is 0 Å². The lowest BCUT2D eigenvalue weighted by atomic mass is 10.0. The monoisotopic (exact) mass is 215 g/mol. The maximum absolute atomic E-state index is 12.6. The number of rotatable bonds is 3. The Morgan fingerprint density at radius 2 is 2.07 bits per heavy atom. The molecule has 0 aliphatic rings. The number of ketones is 1. The van der Waals surface area contributed by atoms with Gasteiger partial charge in [-0.25, -0.2) is 8.78 Å². The van der Waals surface area contributed by atoms with Crippen molar-refractivity contribution < 1.29 is 18.3 Å². The average molecular weight is 215 g/mol. The van der Waals surface area contributed by atoms with E-state index in [4.69, 9.17) is 10.5 Å². The normalized spacial score (nSPS) is 10.5. The Bertz CT molecular complexity index is 391. The molecule has 5 heteroatoms. The van der Waals surface area contributed by atoms with Crippen LogP contribution in [0.2, 0.25) is 0 Å². The van der Waals surface area contributed by atoms with E-state index in [1.165, 1.54) is 20.1 Å². The molecule has 0 spiro atoms. The van der Waals surface area contributed by atoms with Crippen LogP contribution < -0.4 is 10.5 Å². The molecular weight excluding hydrogens is 204 g/mol. The second-order valence-electron chi connectivity index (χ2n) is 3.01. The molecule has 1 aromatic carbocycles. The highest BCUT2D eigenvalue weighted by molar-refractivity contribution is 6.00. The third kappa shape index (κ3) is 2.06. The Hall–Kier alpha value is -1.65. The van der Waals surface area contributed by atoms with Crippen molar-refractivity contribution in [2.24, 2.45) is 0 Å². The standard InChI is InChI=1S/C10H11F2NO2/c1-5(14)8-6(10(11)12)3-4-7(13)9(8)15-2/h3-4,10H,13H2,1-2H3. The number of anilines is 1. The molecule has 0 unspecified atom stereocenters. The molecule has 82 valence electrons. The number of methoxy groups -OCH3 is 1. The third-order valence-corrected chi connectivity index (χ3v) is 2.01. The predicted molar refractivity (Wildman–Crippen MR) is 52.4 cm³/mol. The van der Waals surface area contributed by atoms with Crippen LogP contribution in [0.15, 0.2) is 12.1 Å². The Morgan fingerprint density at radius 3 is 2.47 bits per heavy atom. The van der Waals surface area contributed by atoms with Crippen molar-refractivity contribution in [1.29, 1.82) is 0 Å². The number of hydrogen-bond acceptors (Lipinski definition) is 3. The van der Waals surface area contributed by atoms with Gasteiger partial charge in [0.1, 0.15) is 0 Å². The van der Waals surface area contributed by atoms with Gasteiger partial charge in [0.05, 0.1) is 18.4 Å². The summed E-state index contributed by atoms with van der Waals surface area (Å²) in [6, 6.07) is 2.44. The molecule has 0 radical (unpaired) electrons. The van der Waals surface area contributed by atoms with E-state index in [1.807, 2.05) is 0 Å². The molecule has 15 heavy (non-hydrogen) atoms. The molecule has 0 heterocycles. The fraction of sp³-hybridized carbons (Fsp3) is 0.300. The van der Waals surface area contributed by atoms with Gasteiger partial charge in [-0.3, -0.25) is 4.79 Å². The number of carbonyl (C=O) groups excluding carboxylic acids is 1. The van der Waals surface area contributed by atoms with Crippen molar-refractivity contribution in [3.63, 3.8) is 0 Å². The molecule has 0 aliphatic carbocycles. The van der Waals surface area contributed by atoms with Crippen LogP contribution in [0.1, 0.15) is 29.3 Å². The van der Waals surface area contributed by atoms with Gasteiger partial charge in [-0.05, 0) is 13.0 Å². The minimum atomic E-state index is -2.72. The van der Waals surface area contributed by atoms with Crippen molar-refractivity contribution >= 4 is 11.5 Å². The van der Waals surface area contributed by atoms with Crippen LogP contribution in [0.3, 0.4) is 0 Å². The lowest BCUT2D eigenvalue weighted by Crippen LogP contribution is -2.06. The molecular formula is C10H11F2NO2. The molecule has 2 N–H and O–H groups in total. The van der Waals surface area contributed by atoms with E-state index in [-0.39, 0.29) is 22.6 Å². The molecule has 0 saturated carbocycles. The largest absolute Gasteiger partial charge is 0.494 e. The molecule has 0 bridgehead atoms. The lowest BCUT2D eigenvalue weighted by Gasteiger charge is -2.13. The summed E-state index contributed by atoms with van der Waals surface area (Å²) in [7, 11) is 1.29. The van der Waals surface area contributed by atoms with Crippen molar-refractivity contribution in [2.75, 3.05) is 12.8 Å². The maximum Gasteiger partial charge on any atom is 0.264 e. The molecule has 0 fully saturated rings. The number of carbonyl (C=O) groups is 1. The second-order valence-corrected chi connectivity index (χ2v) is 3.01. The van der Waals surface area contributed by atoms with Gasteiger partial charge in [0, 0.05) is 5.56 Å². The highest BCUT2D eigenvalue weighted by atomic mass is 19.3. The van der Waals surface area contributed by atoms with Crippen LogP contribution in [0.25, 0.3) is 0 Å². The van der Waals surface area contributed by atoms with Gasteiger partial charge in [0.2, 0.25) is 0 Å². The summed E-state index contributed by atoms with van der Waals surface area (Å²) in [5.74, 6) is -0.477. The number of benzene rings is 1. The number of hydrogen-bond donors (Lipinski definition) is 1. The average Bonchev–Trinajstić information content (AvgIpc) is 2.16. The predicted octanol–water partition coefficient (Wildman–Crippen LogP) is 2.42. The van der Waals surface area contributed by atoms with Crippen LogP contribution in [-0.2, 0) is 0 Å². The summed E-state index contributed by atoms with van der Waals surface area (Å²) < 4.78 is 30.0. The molecule has 1 aromatic rings. The maximum atomic E-state index is 12.6. The Labute approximate surface area is 85.8 Å². The van der Waals surface area contributed by atoms with E-state index in [2.05, 4.69) is 0 Å². The van der Waals surface area contributed by atoms with E-state index in [0.717, 1.165) is 6.07 Å². The number of ether oxygens (including phenoxy) is 1. The fourth-order valence-electron chi connectivity index (χ4n) is 1.38. The first-order valence-electron chi connectivity index (χ1n) is 4.24. The number of alkyl halides is 2. The molecule has 1 rings (SSSR count). The van der Waals surface area contributed by atoms with Crippen molar-refractivity contribution in [1.82, 2.24) is 0 Å². The summed E-state index contributed by atoms with van der Waals surface area (Å²) in [6.45, 7) is 1.20. The number of nitrogen functional groups attached to an aromatic ring is 1. The van der Waals surface area contributed by atoms with Crippen LogP contribution >= 0.6 is 0 Å². The van der Waals surface area contributed by atoms with E-state index in [0.29, 0.717) is 0 Å². The van der Waals surface area contributed by atoms with Gasteiger partial charge in [0.15, 0.2) is 11.5 Å². The SMILES string of the molecule is COc1c(N)ccc(C(F)F)c1C(C)=O. The van der Waals surface area contributed by atoms with Crippen LogP contribution in [-0.4, -0.2) is 12.9 Å². The smallest absolute Gasteiger partial charge is 0.264 e. The number of halogens is 2. The summed E-state index contributed by atoms with van der Waals surface area (Å²) in [5, 5.41) is 0.